The summed E-state index contributed by atoms with van der Waals surface area (Å²) in [5.74, 6) is 1.65. The third kappa shape index (κ3) is 4.55. The summed E-state index contributed by atoms with van der Waals surface area (Å²) in [6.07, 6.45) is 1.32. The number of rotatable bonds is 5. The van der Waals surface area contributed by atoms with Crippen LogP contribution in [0.2, 0.25) is 5.02 Å². The highest BCUT2D eigenvalue weighted by Crippen LogP contribution is 2.20. The monoisotopic (exact) mass is 334 g/mol. The van der Waals surface area contributed by atoms with Crippen LogP contribution in [0, 0.1) is 0 Å². The smallest absolute Gasteiger partial charge is 0.164 e. The Hall–Kier alpha value is -0.430. The van der Waals surface area contributed by atoms with Crippen molar-refractivity contribution in [3.63, 3.8) is 0 Å². The Kier molecular flexibility index (Phi) is 5.60. The number of anilines is 1. The number of sulfone groups is 1. The number of halogens is 1. The molecule has 1 aromatic carbocycles. The van der Waals surface area contributed by atoms with E-state index in [1.54, 1.807) is 11.8 Å². The summed E-state index contributed by atoms with van der Waals surface area (Å²) in [7, 11) is -3.02. The summed E-state index contributed by atoms with van der Waals surface area (Å²) in [6.45, 7) is 2.24. The molecule has 112 valence electrons. The van der Waals surface area contributed by atoms with Gasteiger partial charge in [-0.15, -0.1) is 0 Å². The fourth-order valence-corrected chi connectivity index (χ4v) is 5.37. The topological polar surface area (TPSA) is 49.4 Å². The Morgan fingerprint density at radius 1 is 1.50 bits per heavy atom. The zero-order chi connectivity index (χ0) is 14.6. The summed E-state index contributed by atoms with van der Waals surface area (Å²) in [5, 5.41) is 3.61. The largest absolute Gasteiger partial charge is 0.384 e. The molecule has 1 saturated heterocycles. The molecular formula is C13H19ClN2O2S2. The molecule has 0 saturated carbocycles. The highest BCUT2D eigenvalue weighted by molar-refractivity contribution is 8.00. The van der Waals surface area contributed by atoms with E-state index in [0.29, 0.717) is 23.9 Å². The molecule has 0 amide bonds. The molecule has 0 bridgehead atoms. The van der Waals surface area contributed by atoms with Gasteiger partial charge in [-0.3, -0.25) is 4.90 Å². The number of nitrogens with one attached hydrogen (secondary N) is 1. The summed E-state index contributed by atoms with van der Waals surface area (Å²) in [4.78, 5) is 2.05. The van der Waals surface area contributed by atoms with E-state index in [1.165, 1.54) is 6.26 Å². The van der Waals surface area contributed by atoms with Crippen LogP contribution in [-0.2, 0) is 9.84 Å². The Labute approximate surface area is 129 Å². The van der Waals surface area contributed by atoms with E-state index in [2.05, 4.69) is 5.32 Å². The molecule has 1 heterocycles. The first-order chi connectivity index (χ1) is 9.47. The maximum atomic E-state index is 11.8. The lowest BCUT2D eigenvalue weighted by molar-refractivity contribution is 0.281. The van der Waals surface area contributed by atoms with Gasteiger partial charge in [0.1, 0.15) is 5.37 Å². The maximum absolute atomic E-state index is 11.8. The summed E-state index contributed by atoms with van der Waals surface area (Å²) >= 11 is 7.63. The van der Waals surface area contributed by atoms with Crippen molar-refractivity contribution in [3.8, 4) is 0 Å². The van der Waals surface area contributed by atoms with E-state index < -0.39 is 9.84 Å². The Morgan fingerprint density at radius 2 is 2.30 bits per heavy atom. The first-order valence-corrected chi connectivity index (χ1v) is 9.95. The van der Waals surface area contributed by atoms with E-state index >= 15 is 0 Å². The fourth-order valence-electron chi connectivity index (χ4n) is 2.21. The molecule has 0 spiro atoms. The third-order valence-corrected chi connectivity index (χ3v) is 6.16. The molecule has 4 nitrogen and oxygen atoms in total. The van der Waals surface area contributed by atoms with Crippen molar-refractivity contribution in [2.24, 2.45) is 0 Å². The highest BCUT2D eigenvalue weighted by atomic mass is 35.5. The molecule has 0 aliphatic carbocycles. The molecule has 1 aliphatic heterocycles. The average molecular weight is 335 g/mol. The minimum absolute atomic E-state index is 0.359. The number of benzene rings is 1. The van der Waals surface area contributed by atoms with Gasteiger partial charge in [0.05, 0.1) is 0 Å². The van der Waals surface area contributed by atoms with Crippen molar-refractivity contribution in [3.05, 3.63) is 29.3 Å². The lowest BCUT2D eigenvalue weighted by Crippen LogP contribution is -2.48. The highest BCUT2D eigenvalue weighted by Gasteiger charge is 2.30. The van der Waals surface area contributed by atoms with Gasteiger partial charge in [-0.05, 0) is 18.2 Å². The Morgan fingerprint density at radius 3 is 3.00 bits per heavy atom. The van der Waals surface area contributed by atoms with Crippen LogP contribution in [0.5, 0.6) is 0 Å². The van der Waals surface area contributed by atoms with E-state index in [1.807, 2.05) is 29.2 Å². The van der Waals surface area contributed by atoms with E-state index in [9.17, 15) is 8.42 Å². The van der Waals surface area contributed by atoms with E-state index in [-0.39, 0.29) is 5.37 Å². The first kappa shape index (κ1) is 15.9. The van der Waals surface area contributed by atoms with Gasteiger partial charge in [0.25, 0.3) is 0 Å². The van der Waals surface area contributed by atoms with Crippen molar-refractivity contribution in [1.82, 2.24) is 4.90 Å². The van der Waals surface area contributed by atoms with Crippen molar-refractivity contribution in [1.29, 1.82) is 0 Å². The standard InChI is InChI=1S/C13H19ClN2O2S2/c1-20(17,18)13-10-19-8-7-16(13)6-5-15-12-4-2-3-11(14)9-12/h2-4,9,13,15H,5-8,10H2,1H3. The molecule has 1 atom stereocenters. The molecule has 1 aromatic rings. The number of thioether (sulfide) groups is 1. The van der Waals surface area contributed by atoms with Crippen molar-refractivity contribution >= 4 is 38.9 Å². The molecule has 1 aliphatic rings. The predicted molar refractivity (Wildman–Crippen MR) is 87.5 cm³/mol. The van der Waals surface area contributed by atoms with E-state index in [4.69, 9.17) is 11.6 Å². The summed E-state index contributed by atoms with van der Waals surface area (Å²) < 4.78 is 23.6. The zero-order valence-electron chi connectivity index (χ0n) is 11.4. The summed E-state index contributed by atoms with van der Waals surface area (Å²) in [5.41, 5.74) is 0.958. The number of hydrogen-bond donors (Lipinski definition) is 1. The van der Waals surface area contributed by atoms with Crippen LogP contribution in [0.25, 0.3) is 0 Å². The van der Waals surface area contributed by atoms with Crippen LogP contribution in [0.4, 0.5) is 5.69 Å². The van der Waals surface area contributed by atoms with Crippen molar-refractivity contribution < 1.29 is 8.42 Å². The van der Waals surface area contributed by atoms with Gasteiger partial charge < -0.3 is 5.32 Å². The van der Waals surface area contributed by atoms with Crippen LogP contribution < -0.4 is 5.32 Å². The van der Waals surface area contributed by atoms with Crippen molar-refractivity contribution in [2.45, 2.75) is 5.37 Å². The van der Waals surface area contributed by atoms with Crippen LogP contribution >= 0.6 is 23.4 Å². The minimum Gasteiger partial charge on any atom is -0.384 e. The molecule has 1 unspecified atom stereocenters. The quantitative estimate of drug-likeness (QED) is 0.894. The number of hydrogen-bond acceptors (Lipinski definition) is 5. The van der Waals surface area contributed by atoms with Gasteiger partial charge >= 0.3 is 0 Å². The van der Waals surface area contributed by atoms with Crippen LogP contribution in [0.1, 0.15) is 0 Å². The van der Waals surface area contributed by atoms with Crippen molar-refractivity contribution in [2.75, 3.05) is 42.7 Å². The first-order valence-electron chi connectivity index (χ1n) is 6.47. The zero-order valence-corrected chi connectivity index (χ0v) is 13.8. The Bertz CT molecular complexity index is 551. The second kappa shape index (κ2) is 7.02. The van der Waals surface area contributed by atoms with Gasteiger partial charge in [-0.25, -0.2) is 8.42 Å². The minimum atomic E-state index is -3.02. The van der Waals surface area contributed by atoms with Crippen LogP contribution in [0.15, 0.2) is 24.3 Å². The van der Waals surface area contributed by atoms with Crippen LogP contribution in [-0.4, -0.2) is 56.1 Å². The van der Waals surface area contributed by atoms with E-state index in [0.717, 1.165) is 18.0 Å². The summed E-state index contributed by atoms with van der Waals surface area (Å²) in [6, 6.07) is 7.53. The van der Waals surface area contributed by atoms with Gasteiger partial charge in [-0.1, -0.05) is 17.7 Å². The molecule has 1 fully saturated rings. The second-order valence-electron chi connectivity index (χ2n) is 4.83. The van der Waals surface area contributed by atoms with Gasteiger partial charge in [0.2, 0.25) is 0 Å². The SMILES string of the molecule is CS(=O)(=O)C1CSCCN1CCNc1cccc(Cl)c1. The molecular weight excluding hydrogens is 316 g/mol. The van der Waals surface area contributed by atoms with Crippen LogP contribution in [0.3, 0.4) is 0 Å². The lowest BCUT2D eigenvalue weighted by atomic mass is 10.3. The normalized spacial score (nSPS) is 20.8. The predicted octanol–water partition coefficient (Wildman–Crippen LogP) is 2.17. The third-order valence-electron chi connectivity index (χ3n) is 3.24. The molecule has 0 aromatic heterocycles. The van der Waals surface area contributed by atoms with Gasteiger partial charge in [0, 0.05) is 48.1 Å². The fraction of sp³-hybridized carbons (Fsp3) is 0.538. The second-order valence-corrected chi connectivity index (χ2v) is 8.62. The molecule has 20 heavy (non-hydrogen) atoms. The lowest BCUT2D eigenvalue weighted by Gasteiger charge is -2.34. The number of nitrogens with zero attached hydrogens (tertiary/aromatic N) is 1. The maximum Gasteiger partial charge on any atom is 0.164 e. The molecule has 0 radical (unpaired) electrons. The molecule has 2 rings (SSSR count). The Balaban J connectivity index is 1.89. The average Bonchev–Trinajstić information content (AvgIpc) is 2.38. The molecule has 1 N–H and O–H groups in total. The van der Waals surface area contributed by atoms with Gasteiger partial charge in [-0.2, -0.15) is 11.8 Å². The van der Waals surface area contributed by atoms with Gasteiger partial charge in [0.15, 0.2) is 9.84 Å². The molecule has 7 heteroatoms.